The molecule has 0 aliphatic carbocycles. The number of pyridine rings is 1. The molecule has 0 bridgehead atoms. The maximum atomic E-state index is 13.1. The van der Waals surface area contributed by atoms with Gasteiger partial charge in [-0.3, -0.25) is 23.2 Å². The molecule has 2 aromatic heterocycles. The number of amidine groups is 1. The number of nitrogens with one attached hydrogen (secondary N) is 2. The molecule has 0 spiro atoms. The number of para-hydroxylation sites is 2. The van der Waals surface area contributed by atoms with Crippen molar-refractivity contribution in [1.29, 1.82) is 0 Å². The van der Waals surface area contributed by atoms with Crippen LogP contribution in [0.1, 0.15) is 29.8 Å². The molecule has 12 heteroatoms. The van der Waals surface area contributed by atoms with Crippen LogP contribution in [-0.2, 0) is 0 Å². The van der Waals surface area contributed by atoms with Crippen LogP contribution < -0.4 is 20.5 Å². The number of rotatable bonds is 6. The molecule has 2 aromatic carbocycles. The van der Waals surface area contributed by atoms with E-state index >= 15 is 0 Å². The van der Waals surface area contributed by atoms with Crippen molar-refractivity contribution in [2.24, 2.45) is 10.1 Å². The first kappa shape index (κ1) is 23.6. The Morgan fingerprint density at radius 2 is 1.97 bits per heavy atom. The van der Waals surface area contributed by atoms with Crippen molar-refractivity contribution >= 4 is 39.4 Å². The maximum Gasteiger partial charge on any atom is 0.252 e. The van der Waals surface area contributed by atoms with E-state index in [-0.39, 0.29) is 18.3 Å². The monoisotopic (exact) mass is 507 g/mol. The predicted molar refractivity (Wildman–Crippen MR) is 140 cm³/mol. The third kappa shape index (κ3) is 4.69. The van der Waals surface area contributed by atoms with Gasteiger partial charge in [-0.25, -0.2) is 9.97 Å². The number of carbonyl (C=O) groups excluding carboxylic acids is 1. The van der Waals surface area contributed by atoms with E-state index in [4.69, 9.17) is 10.5 Å². The minimum atomic E-state index is -3.39. The average Bonchev–Trinajstić information content (AvgIpc) is 3.26. The van der Waals surface area contributed by atoms with Gasteiger partial charge in [0.1, 0.15) is 24.5 Å². The molecule has 1 amide bonds. The molecule has 1 aliphatic heterocycles. The number of nitrogens with zero attached hydrogens (tertiary/aromatic N) is 4. The number of amides is 1. The third-order valence-corrected chi connectivity index (χ3v) is 6.45. The van der Waals surface area contributed by atoms with Gasteiger partial charge in [-0.15, -0.1) is 4.40 Å². The Kier molecular flexibility index (Phi) is 5.79. The topological polar surface area (TPSA) is 160 Å². The van der Waals surface area contributed by atoms with Crippen molar-refractivity contribution in [3.05, 3.63) is 78.2 Å². The van der Waals surface area contributed by atoms with E-state index in [0.29, 0.717) is 28.4 Å². The first-order valence-corrected chi connectivity index (χ1v) is 12.5. The summed E-state index contributed by atoms with van der Waals surface area (Å²) in [6.45, 7) is 3.78. The Morgan fingerprint density at radius 1 is 1.17 bits per heavy atom. The molecule has 186 valence electrons. The zero-order chi connectivity index (χ0) is 25.5. The maximum absolute atomic E-state index is 13.1. The van der Waals surface area contributed by atoms with Gasteiger partial charge < -0.3 is 15.8 Å². The van der Waals surface area contributed by atoms with Crippen molar-refractivity contribution in [1.82, 2.24) is 19.9 Å². The summed E-state index contributed by atoms with van der Waals surface area (Å²) in [6.07, 6.45) is 3.26. The first-order valence-electron chi connectivity index (χ1n) is 11.0. The van der Waals surface area contributed by atoms with E-state index in [0.717, 1.165) is 11.0 Å². The van der Waals surface area contributed by atoms with E-state index in [1.165, 1.54) is 0 Å². The van der Waals surface area contributed by atoms with Crippen LogP contribution in [0.2, 0.25) is 0 Å². The van der Waals surface area contributed by atoms with Crippen LogP contribution in [0.25, 0.3) is 16.9 Å². The van der Waals surface area contributed by atoms with Crippen LogP contribution in [0.4, 0.5) is 5.69 Å². The second-order valence-corrected chi connectivity index (χ2v) is 10.3. The molecule has 0 saturated heterocycles. The van der Waals surface area contributed by atoms with Crippen molar-refractivity contribution < 1.29 is 18.6 Å². The number of benzene rings is 2. The fourth-order valence-corrected chi connectivity index (χ4v) is 4.74. The lowest BCUT2D eigenvalue weighted by molar-refractivity contribution is 0.0880. The highest BCUT2D eigenvalue weighted by atomic mass is 32.3. The molecule has 0 radical (unpaired) electrons. The van der Waals surface area contributed by atoms with Gasteiger partial charge in [0.25, 0.3) is 5.91 Å². The van der Waals surface area contributed by atoms with Crippen molar-refractivity contribution in [3.63, 3.8) is 0 Å². The lowest BCUT2D eigenvalue weighted by Gasteiger charge is -2.34. The molecule has 0 unspecified atom stereocenters. The van der Waals surface area contributed by atoms with Gasteiger partial charge in [-0.2, -0.15) is 0 Å². The summed E-state index contributed by atoms with van der Waals surface area (Å²) in [4.78, 5) is 21.9. The standard InChI is InChI=1S/C24H25N7O4S/c1-24(2,13-35-19-9-5-7-17-21(19)22(25)30-36(33,34)29-17)28-23(32)15-10-11-26-20(12-15)31-14-27-16-6-3-4-8-18(16)31/h3-12,14,29,33-34H,13H2,1-2H3,(H2,25,30)(H,28,32). The minimum Gasteiger partial charge on any atom is -0.490 e. The summed E-state index contributed by atoms with van der Waals surface area (Å²) in [5.74, 6) is 0.646. The summed E-state index contributed by atoms with van der Waals surface area (Å²) in [5, 5.41) is 2.99. The molecule has 0 atom stereocenters. The summed E-state index contributed by atoms with van der Waals surface area (Å²) in [7, 11) is -3.39. The number of anilines is 1. The van der Waals surface area contributed by atoms with E-state index in [2.05, 4.69) is 24.4 Å². The number of carbonyl (C=O) groups is 1. The van der Waals surface area contributed by atoms with Gasteiger partial charge in [0, 0.05) is 11.8 Å². The molecule has 5 rings (SSSR count). The van der Waals surface area contributed by atoms with Gasteiger partial charge in [0.05, 0.1) is 27.8 Å². The molecule has 0 saturated carbocycles. The predicted octanol–water partition coefficient (Wildman–Crippen LogP) is 3.72. The van der Waals surface area contributed by atoms with Crippen LogP contribution in [0, 0.1) is 0 Å². The zero-order valence-corrected chi connectivity index (χ0v) is 20.4. The van der Waals surface area contributed by atoms with Crippen LogP contribution in [-0.4, -0.2) is 47.5 Å². The van der Waals surface area contributed by atoms with Crippen LogP contribution >= 0.6 is 11.0 Å². The van der Waals surface area contributed by atoms with Crippen LogP contribution in [0.5, 0.6) is 5.75 Å². The number of aromatic nitrogens is 3. The second-order valence-electron chi connectivity index (χ2n) is 8.91. The first-order chi connectivity index (χ1) is 17.1. The number of hydrogen-bond acceptors (Lipinski definition) is 9. The molecule has 4 aromatic rings. The van der Waals surface area contributed by atoms with Gasteiger partial charge in [-0.05, 0) is 61.2 Å². The van der Waals surface area contributed by atoms with Gasteiger partial charge in [0.15, 0.2) is 5.84 Å². The van der Waals surface area contributed by atoms with Crippen LogP contribution in [0.3, 0.4) is 0 Å². The highest BCUT2D eigenvalue weighted by Gasteiger charge is 2.27. The van der Waals surface area contributed by atoms with E-state index < -0.39 is 16.5 Å². The molecule has 11 nitrogen and oxygen atoms in total. The minimum absolute atomic E-state index is 0.0440. The normalized spacial score (nSPS) is 15.4. The molecule has 1 aliphatic rings. The van der Waals surface area contributed by atoms with Crippen molar-refractivity contribution in [3.8, 4) is 11.6 Å². The Balaban J connectivity index is 1.31. The number of ether oxygens (including phenoxy) is 1. The Labute approximate surface area is 208 Å². The molecule has 0 fully saturated rings. The average molecular weight is 508 g/mol. The highest BCUT2D eigenvalue weighted by molar-refractivity contribution is 8.24. The second kappa shape index (κ2) is 8.82. The quantitative estimate of drug-likeness (QED) is 0.264. The Bertz CT molecular complexity index is 1500. The van der Waals surface area contributed by atoms with E-state index in [1.807, 2.05) is 42.7 Å². The number of nitrogens with two attached hydrogens (primary N) is 1. The van der Waals surface area contributed by atoms with Crippen molar-refractivity contribution in [2.75, 3.05) is 11.3 Å². The fourth-order valence-electron chi connectivity index (χ4n) is 3.86. The lowest BCUT2D eigenvalue weighted by atomic mass is 10.1. The third-order valence-electron chi connectivity index (χ3n) is 5.50. The van der Waals surface area contributed by atoms with E-state index in [9.17, 15) is 13.9 Å². The summed E-state index contributed by atoms with van der Waals surface area (Å²) >= 11 is 0. The van der Waals surface area contributed by atoms with Gasteiger partial charge in [-0.1, -0.05) is 18.2 Å². The zero-order valence-electron chi connectivity index (χ0n) is 19.5. The number of imidazole rings is 1. The van der Waals surface area contributed by atoms with Crippen molar-refractivity contribution in [2.45, 2.75) is 19.4 Å². The highest BCUT2D eigenvalue weighted by Crippen LogP contribution is 2.46. The summed E-state index contributed by atoms with van der Waals surface area (Å²) in [6, 6.07) is 16.1. The van der Waals surface area contributed by atoms with Gasteiger partial charge >= 0.3 is 0 Å². The Hall–Kier alpha value is -4.13. The summed E-state index contributed by atoms with van der Waals surface area (Å²) < 4.78 is 33.8. The lowest BCUT2D eigenvalue weighted by Crippen LogP contribution is -2.48. The SMILES string of the molecule is CC(C)(COc1cccc2c1C(N)=NS(O)(O)N2)NC(=O)c1ccnc(-n2cnc3ccccc32)c1. The molecular weight excluding hydrogens is 482 g/mol. The molecule has 3 heterocycles. The van der Waals surface area contributed by atoms with Crippen LogP contribution in [0.15, 0.2) is 71.5 Å². The molecular formula is C24H25N7O4S. The smallest absolute Gasteiger partial charge is 0.252 e. The molecule has 36 heavy (non-hydrogen) atoms. The number of hydrogen-bond donors (Lipinski definition) is 5. The Morgan fingerprint density at radius 3 is 2.81 bits per heavy atom. The van der Waals surface area contributed by atoms with Gasteiger partial charge in [0.2, 0.25) is 0 Å². The molecule has 6 N–H and O–H groups in total. The van der Waals surface area contributed by atoms with E-state index in [1.54, 1.807) is 42.9 Å². The fraction of sp³-hybridized carbons (Fsp3) is 0.167. The summed E-state index contributed by atoms with van der Waals surface area (Å²) in [5.41, 5.74) is 8.19. The largest absolute Gasteiger partial charge is 0.490 e. The number of fused-ring (bicyclic) bond motifs is 2.